The number of hydrogen-bond acceptors (Lipinski definition) is 3. The van der Waals surface area contributed by atoms with Crippen molar-refractivity contribution in [2.24, 2.45) is 0 Å². The van der Waals surface area contributed by atoms with E-state index in [1.165, 1.54) is 29.5 Å². The van der Waals surface area contributed by atoms with Gasteiger partial charge in [0.2, 0.25) is 0 Å². The molecule has 1 N–H and O–H groups in total. The van der Waals surface area contributed by atoms with Crippen LogP contribution in [0.3, 0.4) is 0 Å². The Hall–Kier alpha value is -1.79. The quantitative estimate of drug-likeness (QED) is 0.798. The van der Waals surface area contributed by atoms with Crippen molar-refractivity contribution in [3.05, 3.63) is 58.9 Å². The van der Waals surface area contributed by atoms with Crippen LogP contribution in [0.5, 0.6) is 0 Å². The number of aliphatic hydroxyl groups is 1. The monoisotopic (exact) mass is 294 g/mol. The van der Waals surface area contributed by atoms with Crippen molar-refractivity contribution in [3.63, 3.8) is 0 Å². The lowest BCUT2D eigenvalue weighted by atomic mass is 10.0. The van der Waals surface area contributed by atoms with Crippen LogP contribution in [0.4, 0.5) is 8.78 Å². The maximum Gasteiger partial charge on any atom is 0.263 e. The van der Waals surface area contributed by atoms with Gasteiger partial charge in [0.1, 0.15) is 0 Å². The van der Waals surface area contributed by atoms with Crippen LogP contribution < -0.4 is 0 Å². The van der Waals surface area contributed by atoms with E-state index < -0.39 is 12.5 Å². The Bertz CT molecular complexity index is 694. The van der Waals surface area contributed by atoms with Crippen LogP contribution in [0.25, 0.3) is 4.96 Å². The van der Waals surface area contributed by atoms with E-state index in [4.69, 9.17) is 0 Å². The zero-order valence-electron chi connectivity index (χ0n) is 10.4. The van der Waals surface area contributed by atoms with Gasteiger partial charge in [-0.1, -0.05) is 18.2 Å². The van der Waals surface area contributed by atoms with Gasteiger partial charge in [0, 0.05) is 29.8 Å². The second-order valence-electron chi connectivity index (χ2n) is 4.52. The third-order valence-electron chi connectivity index (χ3n) is 3.09. The van der Waals surface area contributed by atoms with Crippen LogP contribution in [0.1, 0.15) is 29.4 Å². The summed E-state index contributed by atoms with van der Waals surface area (Å²) in [5, 5.41) is 12.1. The number of fused-ring (bicyclic) bond motifs is 1. The van der Waals surface area contributed by atoms with Crippen molar-refractivity contribution in [2.75, 3.05) is 0 Å². The molecular weight excluding hydrogens is 282 g/mol. The number of alkyl halides is 2. The van der Waals surface area contributed by atoms with E-state index in [1.807, 2.05) is 22.2 Å². The molecule has 3 nitrogen and oxygen atoms in total. The lowest BCUT2D eigenvalue weighted by Gasteiger charge is -2.10. The summed E-state index contributed by atoms with van der Waals surface area (Å²) in [6, 6.07) is 5.88. The van der Waals surface area contributed by atoms with Crippen LogP contribution in [0, 0.1) is 0 Å². The highest BCUT2D eigenvalue weighted by Crippen LogP contribution is 2.24. The zero-order valence-corrected chi connectivity index (χ0v) is 11.2. The summed E-state index contributed by atoms with van der Waals surface area (Å²) >= 11 is 1.51. The first-order valence-electron chi connectivity index (χ1n) is 6.10. The van der Waals surface area contributed by atoms with Gasteiger partial charge in [-0.25, -0.2) is 13.8 Å². The molecule has 0 aliphatic heterocycles. The van der Waals surface area contributed by atoms with Crippen LogP contribution in [0.15, 0.2) is 42.0 Å². The molecule has 0 saturated heterocycles. The van der Waals surface area contributed by atoms with E-state index in [-0.39, 0.29) is 5.56 Å². The van der Waals surface area contributed by atoms with Gasteiger partial charge < -0.3 is 5.11 Å². The first-order valence-corrected chi connectivity index (χ1v) is 6.98. The first kappa shape index (κ1) is 13.2. The van der Waals surface area contributed by atoms with E-state index in [0.717, 1.165) is 10.7 Å². The molecule has 2 heterocycles. The molecule has 0 fully saturated rings. The molecule has 1 atom stereocenters. The molecule has 104 valence electrons. The Morgan fingerprint density at radius 3 is 2.85 bits per heavy atom. The van der Waals surface area contributed by atoms with Crippen molar-refractivity contribution < 1.29 is 13.9 Å². The molecule has 6 heteroatoms. The SMILES string of the molecule is OC(Cc1cn2ccsc2n1)c1cccc(C(F)F)c1. The number of aromatic nitrogens is 2. The molecule has 1 unspecified atom stereocenters. The van der Waals surface area contributed by atoms with E-state index in [9.17, 15) is 13.9 Å². The van der Waals surface area contributed by atoms with E-state index in [2.05, 4.69) is 4.98 Å². The molecule has 0 spiro atoms. The minimum absolute atomic E-state index is 0.0765. The predicted octanol–water partition coefficient (Wildman–Crippen LogP) is 3.61. The van der Waals surface area contributed by atoms with Gasteiger partial charge in [-0.05, 0) is 11.6 Å². The summed E-state index contributed by atoms with van der Waals surface area (Å²) in [7, 11) is 0. The van der Waals surface area contributed by atoms with Gasteiger partial charge in [0.25, 0.3) is 6.43 Å². The topological polar surface area (TPSA) is 37.5 Å². The molecule has 3 aromatic rings. The summed E-state index contributed by atoms with van der Waals surface area (Å²) < 4.78 is 27.2. The number of thiazole rings is 1. The molecule has 1 aromatic carbocycles. The highest BCUT2D eigenvalue weighted by molar-refractivity contribution is 7.15. The van der Waals surface area contributed by atoms with Crippen LogP contribution in [-0.4, -0.2) is 14.5 Å². The van der Waals surface area contributed by atoms with Gasteiger partial charge in [-0.2, -0.15) is 0 Å². The van der Waals surface area contributed by atoms with E-state index >= 15 is 0 Å². The Labute approximate surface area is 118 Å². The minimum Gasteiger partial charge on any atom is -0.388 e. The van der Waals surface area contributed by atoms with Crippen molar-refractivity contribution in [3.8, 4) is 0 Å². The van der Waals surface area contributed by atoms with Gasteiger partial charge >= 0.3 is 0 Å². The lowest BCUT2D eigenvalue weighted by molar-refractivity contribution is 0.149. The fourth-order valence-corrected chi connectivity index (χ4v) is 2.81. The average Bonchev–Trinajstić information content (AvgIpc) is 2.99. The first-order chi connectivity index (χ1) is 9.63. The standard InChI is InChI=1S/C14H12F2N2OS/c15-13(16)10-3-1-2-9(6-10)12(19)7-11-8-18-4-5-20-14(18)17-11/h1-6,8,12-13,19H,7H2. The van der Waals surface area contributed by atoms with Crippen molar-refractivity contribution in [2.45, 2.75) is 19.0 Å². The summed E-state index contributed by atoms with van der Waals surface area (Å²) in [6.07, 6.45) is 0.673. The van der Waals surface area contributed by atoms with Crippen molar-refractivity contribution >= 4 is 16.3 Å². The lowest BCUT2D eigenvalue weighted by Crippen LogP contribution is -2.03. The minimum atomic E-state index is -2.53. The number of benzene rings is 1. The Morgan fingerprint density at radius 1 is 1.30 bits per heavy atom. The van der Waals surface area contributed by atoms with Crippen LogP contribution in [-0.2, 0) is 6.42 Å². The number of hydrogen-bond donors (Lipinski definition) is 1. The number of nitrogens with zero attached hydrogens (tertiary/aromatic N) is 2. The molecule has 0 amide bonds. The van der Waals surface area contributed by atoms with Crippen molar-refractivity contribution in [1.82, 2.24) is 9.38 Å². The highest BCUT2D eigenvalue weighted by Gasteiger charge is 2.14. The van der Waals surface area contributed by atoms with Crippen LogP contribution in [0.2, 0.25) is 0 Å². The number of aliphatic hydroxyl groups excluding tert-OH is 1. The smallest absolute Gasteiger partial charge is 0.263 e. The van der Waals surface area contributed by atoms with Gasteiger partial charge in [-0.3, -0.25) is 4.40 Å². The number of halogens is 2. The Balaban J connectivity index is 1.80. The molecule has 2 aromatic heterocycles. The van der Waals surface area contributed by atoms with E-state index in [1.54, 1.807) is 6.07 Å². The van der Waals surface area contributed by atoms with Gasteiger partial charge in [0.15, 0.2) is 4.96 Å². The molecule has 0 aliphatic carbocycles. The van der Waals surface area contributed by atoms with E-state index in [0.29, 0.717) is 12.0 Å². The van der Waals surface area contributed by atoms with Gasteiger partial charge in [-0.15, -0.1) is 11.3 Å². The summed E-state index contributed by atoms with van der Waals surface area (Å²) in [5.41, 5.74) is 1.15. The summed E-state index contributed by atoms with van der Waals surface area (Å²) in [5.74, 6) is 0. The Morgan fingerprint density at radius 2 is 2.10 bits per heavy atom. The normalized spacial score (nSPS) is 13.2. The van der Waals surface area contributed by atoms with Crippen molar-refractivity contribution in [1.29, 1.82) is 0 Å². The summed E-state index contributed by atoms with van der Waals surface area (Å²) in [6.45, 7) is 0. The second kappa shape index (κ2) is 5.30. The molecule has 0 bridgehead atoms. The molecule has 20 heavy (non-hydrogen) atoms. The fraction of sp³-hybridized carbons (Fsp3) is 0.214. The molecule has 0 radical (unpaired) electrons. The third-order valence-corrected chi connectivity index (χ3v) is 3.86. The Kier molecular flexibility index (Phi) is 3.50. The second-order valence-corrected chi connectivity index (χ2v) is 5.39. The molecule has 3 rings (SSSR count). The highest BCUT2D eigenvalue weighted by atomic mass is 32.1. The summed E-state index contributed by atoms with van der Waals surface area (Å²) in [4.78, 5) is 5.22. The molecule has 0 aliphatic rings. The number of imidazole rings is 1. The maximum atomic E-state index is 12.6. The fourth-order valence-electron chi connectivity index (χ4n) is 2.09. The number of rotatable bonds is 4. The average molecular weight is 294 g/mol. The third kappa shape index (κ3) is 2.57. The largest absolute Gasteiger partial charge is 0.388 e. The van der Waals surface area contributed by atoms with Gasteiger partial charge in [0.05, 0.1) is 11.8 Å². The predicted molar refractivity (Wildman–Crippen MR) is 73.1 cm³/mol. The maximum absolute atomic E-state index is 12.6. The molecular formula is C14H12F2N2OS. The zero-order chi connectivity index (χ0) is 14.1. The van der Waals surface area contributed by atoms with Crippen LogP contribution >= 0.6 is 11.3 Å². The molecule has 0 saturated carbocycles.